The van der Waals surface area contributed by atoms with Crippen molar-refractivity contribution in [1.29, 1.82) is 0 Å². The third-order valence-electron chi connectivity index (χ3n) is 7.07. The molecule has 2 aromatic carbocycles. The van der Waals surface area contributed by atoms with Crippen LogP contribution in [0.2, 0.25) is 0 Å². The molecule has 33 heavy (non-hydrogen) atoms. The normalized spacial score (nSPS) is 18.2. The predicted molar refractivity (Wildman–Crippen MR) is 131 cm³/mol. The second-order valence-electron chi connectivity index (χ2n) is 9.42. The Bertz CT molecular complexity index is 865. The molecule has 2 aliphatic rings. The first-order valence-corrected chi connectivity index (χ1v) is 12.1. The standard InChI is InChI=1S/C27H36N4O2/c1-28-15-13-24(14-16-28)27(33)31-19-17-30(18-20-31)25(32)21-29(2)26(22-9-5-3-6-10-22)23-11-7-4-8-12-23/h3-12,24,26H,13-21H2,1-2H3. The summed E-state index contributed by atoms with van der Waals surface area (Å²) in [6, 6.07) is 20.7. The predicted octanol–water partition coefficient (Wildman–Crippen LogP) is 2.72. The van der Waals surface area contributed by atoms with E-state index >= 15 is 0 Å². The highest BCUT2D eigenvalue weighted by molar-refractivity contribution is 5.81. The fourth-order valence-corrected chi connectivity index (χ4v) is 5.07. The number of carbonyl (C=O) groups excluding carboxylic acids is 2. The van der Waals surface area contributed by atoms with Gasteiger partial charge < -0.3 is 14.7 Å². The van der Waals surface area contributed by atoms with Crippen LogP contribution in [0.4, 0.5) is 0 Å². The Morgan fingerprint density at radius 1 is 0.818 bits per heavy atom. The number of carbonyl (C=O) groups is 2. The van der Waals surface area contributed by atoms with Crippen molar-refractivity contribution in [2.24, 2.45) is 5.92 Å². The maximum atomic E-state index is 13.2. The fourth-order valence-electron chi connectivity index (χ4n) is 5.07. The average molecular weight is 449 g/mol. The molecular weight excluding hydrogens is 412 g/mol. The molecule has 2 fully saturated rings. The Balaban J connectivity index is 1.34. The maximum Gasteiger partial charge on any atom is 0.236 e. The van der Waals surface area contributed by atoms with Gasteiger partial charge in [0, 0.05) is 32.1 Å². The van der Waals surface area contributed by atoms with Crippen molar-refractivity contribution >= 4 is 11.8 Å². The lowest BCUT2D eigenvalue weighted by Crippen LogP contribution is -2.54. The Kier molecular flexibility index (Phi) is 7.78. The van der Waals surface area contributed by atoms with E-state index in [1.54, 1.807) is 0 Å². The quantitative estimate of drug-likeness (QED) is 0.682. The van der Waals surface area contributed by atoms with E-state index in [4.69, 9.17) is 0 Å². The zero-order chi connectivity index (χ0) is 23.2. The number of rotatable bonds is 6. The SMILES string of the molecule is CN1CCC(C(=O)N2CCN(C(=O)CN(C)C(c3ccccc3)c3ccccc3)CC2)CC1. The summed E-state index contributed by atoms with van der Waals surface area (Å²) in [7, 11) is 4.13. The van der Waals surface area contributed by atoms with Crippen molar-refractivity contribution in [3.8, 4) is 0 Å². The summed E-state index contributed by atoms with van der Waals surface area (Å²) < 4.78 is 0. The number of hydrogen-bond acceptors (Lipinski definition) is 4. The van der Waals surface area contributed by atoms with Gasteiger partial charge in [-0.2, -0.15) is 0 Å². The van der Waals surface area contributed by atoms with Gasteiger partial charge in [0.25, 0.3) is 0 Å². The minimum atomic E-state index is 0.0173. The van der Waals surface area contributed by atoms with Crippen molar-refractivity contribution in [1.82, 2.24) is 19.6 Å². The van der Waals surface area contributed by atoms with Gasteiger partial charge in [0.15, 0.2) is 0 Å². The lowest BCUT2D eigenvalue weighted by atomic mass is 9.95. The van der Waals surface area contributed by atoms with E-state index in [-0.39, 0.29) is 23.8 Å². The van der Waals surface area contributed by atoms with Gasteiger partial charge >= 0.3 is 0 Å². The molecule has 0 aromatic heterocycles. The molecule has 2 heterocycles. The minimum absolute atomic E-state index is 0.0173. The van der Waals surface area contributed by atoms with Crippen molar-refractivity contribution in [2.45, 2.75) is 18.9 Å². The highest BCUT2D eigenvalue weighted by Crippen LogP contribution is 2.27. The molecule has 6 nitrogen and oxygen atoms in total. The Morgan fingerprint density at radius 2 is 1.30 bits per heavy atom. The fraction of sp³-hybridized carbons (Fsp3) is 0.481. The number of hydrogen-bond donors (Lipinski definition) is 0. The monoisotopic (exact) mass is 448 g/mol. The smallest absolute Gasteiger partial charge is 0.236 e. The van der Waals surface area contributed by atoms with Gasteiger partial charge in [-0.1, -0.05) is 60.7 Å². The van der Waals surface area contributed by atoms with Crippen molar-refractivity contribution in [3.63, 3.8) is 0 Å². The summed E-state index contributed by atoms with van der Waals surface area (Å²) in [5.41, 5.74) is 2.35. The van der Waals surface area contributed by atoms with Crippen LogP contribution >= 0.6 is 0 Å². The molecule has 0 N–H and O–H groups in total. The summed E-state index contributed by atoms with van der Waals surface area (Å²) >= 11 is 0. The van der Waals surface area contributed by atoms with E-state index in [2.05, 4.69) is 41.1 Å². The third-order valence-corrected chi connectivity index (χ3v) is 7.07. The van der Waals surface area contributed by atoms with Crippen LogP contribution in [0.15, 0.2) is 60.7 Å². The molecule has 2 saturated heterocycles. The summed E-state index contributed by atoms with van der Waals surface area (Å²) in [6.07, 6.45) is 1.89. The van der Waals surface area contributed by atoms with E-state index in [0.29, 0.717) is 32.7 Å². The lowest BCUT2D eigenvalue weighted by molar-refractivity contribution is -0.143. The molecule has 0 unspecified atom stereocenters. The van der Waals surface area contributed by atoms with Crippen LogP contribution in [0, 0.1) is 5.92 Å². The van der Waals surface area contributed by atoms with Crippen molar-refractivity contribution in [2.75, 3.05) is 59.9 Å². The topological polar surface area (TPSA) is 47.1 Å². The zero-order valence-electron chi connectivity index (χ0n) is 19.9. The third kappa shape index (κ3) is 5.81. The van der Waals surface area contributed by atoms with Crippen molar-refractivity contribution in [3.05, 3.63) is 71.8 Å². The first-order valence-electron chi connectivity index (χ1n) is 12.1. The molecule has 2 aromatic rings. The number of benzene rings is 2. The molecule has 0 bridgehead atoms. The summed E-state index contributed by atoms with van der Waals surface area (Å²) in [6.45, 7) is 4.84. The first kappa shape index (κ1) is 23.5. The van der Waals surface area contributed by atoms with Gasteiger partial charge in [-0.15, -0.1) is 0 Å². The van der Waals surface area contributed by atoms with E-state index in [9.17, 15) is 9.59 Å². The van der Waals surface area contributed by atoms with Crippen molar-refractivity contribution < 1.29 is 9.59 Å². The molecule has 0 atom stereocenters. The minimum Gasteiger partial charge on any atom is -0.339 e. The van der Waals surface area contributed by atoms with E-state index in [1.807, 2.05) is 53.2 Å². The van der Waals surface area contributed by atoms with Gasteiger partial charge in [0.2, 0.25) is 11.8 Å². The largest absolute Gasteiger partial charge is 0.339 e. The Morgan fingerprint density at radius 3 is 1.82 bits per heavy atom. The summed E-state index contributed by atoms with van der Waals surface area (Å²) in [4.78, 5) is 34.4. The number of nitrogens with zero attached hydrogens (tertiary/aromatic N) is 4. The molecule has 176 valence electrons. The molecule has 0 spiro atoms. The summed E-state index contributed by atoms with van der Waals surface area (Å²) in [5.74, 6) is 0.549. The van der Waals surface area contributed by atoms with Crippen LogP contribution in [0.25, 0.3) is 0 Å². The molecule has 6 heteroatoms. The van der Waals surface area contributed by atoms with Gasteiger partial charge in [0.1, 0.15) is 0 Å². The lowest BCUT2D eigenvalue weighted by Gasteiger charge is -2.39. The van der Waals surface area contributed by atoms with Crippen LogP contribution < -0.4 is 0 Å². The Labute approximate surface area is 197 Å². The zero-order valence-corrected chi connectivity index (χ0v) is 19.9. The van der Waals surface area contributed by atoms with Crippen LogP contribution in [-0.4, -0.2) is 91.3 Å². The number of piperidine rings is 1. The molecular formula is C27H36N4O2. The number of likely N-dealkylation sites (tertiary alicyclic amines) is 1. The molecule has 0 radical (unpaired) electrons. The number of piperazine rings is 1. The molecule has 0 aliphatic carbocycles. The molecule has 0 saturated carbocycles. The van der Waals surface area contributed by atoms with Gasteiger partial charge in [0.05, 0.1) is 12.6 Å². The average Bonchev–Trinajstić information content (AvgIpc) is 2.85. The second kappa shape index (κ2) is 10.9. The van der Waals surface area contributed by atoms with Crippen LogP contribution in [0.1, 0.15) is 30.0 Å². The number of amides is 2. The second-order valence-corrected chi connectivity index (χ2v) is 9.42. The highest BCUT2D eigenvalue weighted by Gasteiger charge is 2.31. The molecule has 2 amide bonds. The van der Waals surface area contributed by atoms with Crippen LogP contribution in [0.5, 0.6) is 0 Å². The van der Waals surface area contributed by atoms with Crippen LogP contribution in [0.3, 0.4) is 0 Å². The summed E-state index contributed by atoms with van der Waals surface area (Å²) in [5, 5.41) is 0. The van der Waals surface area contributed by atoms with Crippen LogP contribution in [-0.2, 0) is 9.59 Å². The Hall–Kier alpha value is -2.70. The van der Waals surface area contributed by atoms with E-state index in [1.165, 1.54) is 11.1 Å². The van der Waals surface area contributed by atoms with Gasteiger partial charge in [-0.05, 0) is 51.2 Å². The van der Waals surface area contributed by atoms with Gasteiger partial charge in [-0.25, -0.2) is 0 Å². The number of likely N-dealkylation sites (N-methyl/N-ethyl adjacent to an activating group) is 1. The first-order chi connectivity index (χ1) is 16.0. The maximum absolute atomic E-state index is 13.2. The van der Waals surface area contributed by atoms with Gasteiger partial charge in [-0.3, -0.25) is 14.5 Å². The highest BCUT2D eigenvalue weighted by atomic mass is 16.2. The van der Waals surface area contributed by atoms with E-state index < -0.39 is 0 Å². The molecule has 4 rings (SSSR count). The van der Waals surface area contributed by atoms with E-state index in [0.717, 1.165) is 25.9 Å². The molecule has 2 aliphatic heterocycles.